The van der Waals surface area contributed by atoms with Gasteiger partial charge in [-0.2, -0.15) is 13.2 Å². The molecule has 2 aliphatic heterocycles. The van der Waals surface area contributed by atoms with Gasteiger partial charge in [-0.1, -0.05) is 6.07 Å². The number of aliphatic hydroxyl groups is 1. The zero-order valence-electron chi connectivity index (χ0n) is 15.0. The van der Waals surface area contributed by atoms with Gasteiger partial charge in [-0.25, -0.2) is 4.98 Å². The maximum absolute atomic E-state index is 12.5. The summed E-state index contributed by atoms with van der Waals surface area (Å²) in [6.07, 6.45) is 0.685. The zero-order chi connectivity index (χ0) is 18.4. The first-order chi connectivity index (χ1) is 11.8. The number of aliphatic hydroxyl groups excluding tert-OH is 1. The summed E-state index contributed by atoms with van der Waals surface area (Å²) in [5.41, 5.74) is -0.810. The van der Waals surface area contributed by atoms with Gasteiger partial charge in [0.2, 0.25) is 0 Å². The van der Waals surface area contributed by atoms with Crippen molar-refractivity contribution in [1.29, 1.82) is 0 Å². The Bertz CT molecular complexity index is 533. The molecule has 2 aliphatic rings. The van der Waals surface area contributed by atoms with E-state index < -0.39 is 11.9 Å². The minimum Gasteiger partial charge on any atom is -0.393 e. The number of anilines is 1. The number of aromatic nitrogens is 1. The van der Waals surface area contributed by atoms with Crippen LogP contribution in [0.15, 0.2) is 18.2 Å². The third kappa shape index (κ3) is 6.15. The summed E-state index contributed by atoms with van der Waals surface area (Å²) in [6, 6.07) is 4.63. The van der Waals surface area contributed by atoms with Crippen molar-refractivity contribution in [3.63, 3.8) is 0 Å². The molecule has 0 spiro atoms. The highest BCUT2D eigenvalue weighted by Crippen LogP contribution is 2.29. The molecule has 0 aromatic carbocycles. The molecule has 1 aromatic rings. The summed E-state index contributed by atoms with van der Waals surface area (Å²) in [7, 11) is 2.11. The van der Waals surface area contributed by atoms with Gasteiger partial charge in [-0.3, -0.25) is 0 Å². The highest BCUT2D eigenvalue weighted by molar-refractivity contribution is 5.40. The second-order valence-electron chi connectivity index (χ2n) is 6.93. The first kappa shape index (κ1) is 20.0. The van der Waals surface area contributed by atoms with E-state index in [9.17, 15) is 18.3 Å². The van der Waals surface area contributed by atoms with Crippen molar-refractivity contribution in [3.05, 3.63) is 23.9 Å². The van der Waals surface area contributed by atoms with E-state index >= 15 is 0 Å². The largest absolute Gasteiger partial charge is 0.433 e. The minimum atomic E-state index is -4.36. The van der Waals surface area contributed by atoms with Gasteiger partial charge in [-0.15, -0.1) is 0 Å². The highest BCUT2D eigenvalue weighted by atomic mass is 19.4. The van der Waals surface area contributed by atoms with Crippen LogP contribution in [0.1, 0.15) is 44.7 Å². The number of likely N-dealkylation sites (tertiary alicyclic amines) is 1. The molecule has 142 valence electrons. The summed E-state index contributed by atoms with van der Waals surface area (Å²) < 4.78 is 37.4. The molecule has 1 aromatic heterocycles. The summed E-state index contributed by atoms with van der Waals surface area (Å²) >= 11 is 0. The maximum atomic E-state index is 12.5. The molecular weight excluding hydrogens is 331 g/mol. The fourth-order valence-corrected chi connectivity index (χ4v) is 3.14. The zero-order valence-corrected chi connectivity index (χ0v) is 15.0. The third-order valence-electron chi connectivity index (χ3n) is 4.89. The number of alkyl halides is 3. The average molecular weight is 359 g/mol. The second kappa shape index (κ2) is 8.85. The molecule has 0 aliphatic carbocycles. The SMILES string of the molecule is CC1CC(O)CCN1C.FC(F)(F)c1cccc(N2CCCCC2)n1. The fourth-order valence-electron chi connectivity index (χ4n) is 3.14. The van der Waals surface area contributed by atoms with Crippen LogP contribution in [0.5, 0.6) is 0 Å². The predicted molar refractivity (Wildman–Crippen MR) is 92.6 cm³/mol. The summed E-state index contributed by atoms with van der Waals surface area (Å²) in [5.74, 6) is 0.439. The molecule has 0 radical (unpaired) electrons. The monoisotopic (exact) mass is 359 g/mol. The molecular formula is C18H28F3N3O. The lowest BCUT2D eigenvalue weighted by Crippen LogP contribution is -2.39. The van der Waals surface area contributed by atoms with Crippen molar-refractivity contribution in [2.75, 3.05) is 31.6 Å². The Morgan fingerprint density at radius 2 is 1.80 bits per heavy atom. The number of nitrogens with zero attached hydrogens (tertiary/aromatic N) is 3. The van der Waals surface area contributed by atoms with Crippen molar-refractivity contribution in [1.82, 2.24) is 9.88 Å². The van der Waals surface area contributed by atoms with E-state index in [0.29, 0.717) is 11.9 Å². The average Bonchev–Trinajstić information content (AvgIpc) is 2.59. The number of pyridine rings is 1. The maximum Gasteiger partial charge on any atom is 0.433 e. The van der Waals surface area contributed by atoms with Gasteiger partial charge in [0.05, 0.1) is 6.10 Å². The van der Waals surface area contributed by atoms with Gasteiger partial charge in [0.1, 0.15) is 11.5 Å². The molecule has 3 rings (SSSR count). The molecule has 2 unspecified atom stereocenters. The van der Waals surface area contributed by atoms with Gasteiger partial charge in [0, 0.05) is 25.7 Å². The molecule has 0 amide bonds. The molecule has 2 fully saturated rings. The molecule has 2 saturated heterocycles. The summed E-state index contributed by atoms with van der Waals surface area (Å²) in [5, 5.41) is 9.17. The van der Waals surface area contributed by atoms with Crippen LogP contribution in [0.4, 0.5) is 19.0 Å². The summed E-state index contributed by atoms with van der Waals surface area (Å²) in [4.78, 5) is 7.87. The third-order valence-corrected chi connectivity index (χ3v) is 4.89. The van der Waals surface area contributed by atoms with E-state index in [-0.39, 0.29) is 6.10 Å². The lowest BCUT2D eigenvalue weighted by atomic mass is 10.0. The molecule has 3 heterocycles. The normalized spacial score (nSPS) is 25.3. The van der Waals surface area contributed by atoms with Crippen LogP contribution < -0.4 is 4.90 Å². The van der Waals surface area contributed by atoms with Gasteiger partial charge >= 0.3 is 6.18 Å². The van der Waals surface area contributed by atoms with Crippen LogP contribution in [0.2, 0.25) is 0 Å². The van der Waals surface area contributed by atoms with E-state index in [2.05, 4.69) is 23.9 Å². The Labute approximate surface area is 147 Å². The molecule has 2 atom stereocenters. The summed E-state index contributed by atoms with van der Waals surface area (Å²) in [6.45, 7) is 4.80. The van der Waals surface area contributed by atoms with Crippen LogP contribution in [0.25, 0.3) is 0 Å². The van der Waals surface area contributed by atoms with E-state index in [0.717, 1.165) is 57.8 Å². The fraction of sp³-hybridized carbons (Fsp3) is 0.722. The standard InChI is InChI=1S/C11H13F3N2.C7H15NO/c12-11(13,14)9-5-4-6-10(15-9)16-7-2-1-3-8-16;1-6-5-7(9)3-4-8(6)2/h4-6H,1-3,7-8H2;6-7,9H,3-5H2,1-2H3. The van der Waals surface area contributed by atoms with Crippen molar-refractivity contribution in [2.45, 2.75) is 57.3 Å². The number of hydrogen-bond acceptors (Lipinski definition) is 4. The Morgan fingerprint density at radius 1 is 1.12 bits per heavy atom. The predicted octanol–water partition coefficient (Wildman–Crippen LogP) is 3.55. The first-order valence-electron chi connectivity index (χ1n) is 8.95. The Morgan fingerprint density at radius 3 is 2.36 bits per heavy atom. The minimum absolute atomic E-state index is 0.0452. The van der Waals surface area contributed by atoms with Crippen molar-refractivity contribution in [2.24, 2.45) is 0 Å². The first-order valence-corrected chi connectivity index (χ1v) is 8.95. The van der Waals surface area contributed by atoms with Crippen molar-refractivity contribution >= 4 is 5.82 Å². The van der Waals surface area contributed by atoms with Crippen LogP contribution in [0.3, 0.4) is 0 Å². The smallest absolute Gasteiger partial charge is 0.393 e. The van der Waals surface area contributed by atoms with Crippen LogP contribution in [-0.2, 0) is 6.18 Å². The number of piperidine rings is 2. The van der Waals surface area contributed by atoms with E-state index in [1.165, 1.54) is 6.07 Å². The highest BCUT2D eigenvalue weighted by Gasteiger charge is 2.32. The van der Waals surface area contributed by atoms with Gasteiger partial charge in [-0.05, 0) is 58.2 Å². The number of rotatable bonds is 1. The van der Waals surface area contributed by atoms with Gasteiger partial charge in [0.15, 0.2) is 0 Å². The lowest BCUT2D eigenvalue weighted by molar-refractivity contribution is -0.141. The van der Waals surface area contributed by atoms with Crippen LogP contribution >= 0.6 is 0 Å². The van der Waals surface area contributed by atoms with E-state index in [4.69, 9.17) is 0 Å². The number of halogens is 3. The van der Waals surface area contributed by atoms with E-state index in [1.807, 2.05) is 4.90 Å². The Kier molecular flexibility index (Phi) is 7.07. The molecule has 0 saturated carbocycles. The van der Waals surface area contributed by atoms with E-state index in [1.54, 1.807) is 6.07 Å². The lowest BCUT2D eigenvalue weighted by Gasteiger charge is -2.32. The quantitative estimate of drug-likeness (QED) is 0.832. The van der Waals surface area contributed by atoms with Crippen LogP contribution in [-0.4, -0.2) is 53.8 Å². The topological polar surface area (TPSA) is 39.6 Å². The molecule has 7 heteroatoms. The van der Waals surface area contributed by atoms with Crippen LogP contribution in [0, 0.1) is 0 Å². The van der Waals surface area contributed by atoms with Crippen molar-refractivity contribution in [3.8, 4) is 0 Å². The van der Waals surface area contributed by atoms with Gasteiger partial charge in [0.25, 0.3) is 0 Å². The van der Waals surface area contributed by atoms with Crippen molar-refractivity contribution < 1.29 is 18.3 Å². The van der Waals surface area contributed by atoms with Gasteiger partial charge < -0.3 is 14.9 Å². The molecule has 4 nitrogen and oxygen atoms in total. The Hall–Kier alpha value is -1.34. The second-order valence-corrected chi connectivity index (χ2v) is 6.93. The molecule has 0 bridgehead atoms. The molecule has 25 heavy (non-hydrogen) atoms. The number of hydrogen-bond donors (Lipinski definition) is 1. The Balaban J connectivity index is 0.000000212. The molecule has 1 N–H and O–H groups in total.